The van der Waals surface area contributed by atoms with E-state index >= 15 is 0 Å². The molecule has 194 valence electrons. The maximum Gasteiger partial charge on any atom is 0.305 e. The lowest BCUT2D eigenvalue weighted by atomic mass is 10.0. The van der Waals surface area contributed by atoms with E-state index in [1.807, 2.05) is 37.3 Å². The third-order valence-electron chi connectivity index (χ3n) is 6.29. The van der Waals surface area contributed by atoms with E-state index in [9.17, 15) is 19.5 Å². The molecule has 2 atom stereocenters. The van der Waals surface area contributed by atoms with Crippen molar-refractivity contribution >= 4 is 11.9 Å². The minimum atomic E-state index is -1.07. The number of nitrogens with one attached hydrogen (secondary N) is 1. The molecular weight excluding hydrogens is 474 g/mol. The topological polar surface area (TPSA) is 120 Å². The number of carboxylic acid groups (broad SMARTS) is 1. The normalized spacial score (nSPS) is 13.7. The molecule has 9 nitrogen and oxygen atoms in total. The summed E-state index contributed by atoms with van der Waals surface area (Å²) in [6, 6.07) is 14.8. The summed E-state index contributed by atoms with van der Waals surface area (Å²) in [5.41, 5.74) is 2.39. The fourth-order valence-electron chi connectivity index (χ4n) is 4.45. The minimum absolute atomic E-state index is 0.0844. The second-order valence-corrected chi connectivity index (χ2v) is 9.15. The van der Waals surface area contributed by atoms with Gasteiger partial charge in [0.25, 0.3) is 5.56 Å². The summed E-state index contributed by atoms with van der Waals surface area (Å²) >= 11 is 0. The number of carbonyl (C=O) groups excluding carboxylic acids is 1. The first-order valence-electron chi connectivity index (χ1n) is 12.4. The average Bonchev–Trinajstić information content (AvgIpc) is 3.35. The maximum absolute atomic E-state index is 13.6. The van der Waals surface area contributed by atoms with Crippen molar-refractivity contribution < 1.29 is 24.2 Å². The van der Waals surface area contributed by atoms with E-state index in [1.54, 1.807) is 31.2 Å². The van der Waals surface area contributed by atoms with Crippen LogP contribution in [-0.2, 0) is 16.0 Å². The van der Waals surface area contributed by atoms with Crippen LogP contribution >= 0.6 is 0 Å². The summed E-state index contributed by atoms with van der Waals surface area (Å²) in [5, 5.41) is 16.8. The van der Waals surface area contributed by atoms with Gasteiger partial charge in [0, 0.05) is 12.0 Å². The average molecular weight is 506 g/mol. The highest BCUT2D eigenvalue weighted by atomic mass is 16.7. The van der Waals surface area contributed by atoms with Crippen molar-refractivity contribution in [2.75, 3.05) is 6.79 Å². The van der Waals surface area contributed by atoms with Crippen LogP contribution in [0.5, 0.6) is 11.5 Å². The monoisotopic (exact) mass is 505 g/mol. The van der Waals surface area contributed by atoms with E-state index in [1.165, 1.54) is 4.68 Å². The molecular formula is C28H31N3O6. The molecule has 1 aliphatic heterocycles. The van der Waals surface area contributed by atoms with Gasteiger partial charge in [0.05, 0.1) is 18.2 Å². The van der Waals surface area contributed by atoms with Gasteiger partial charge in [-0.15, -0.1) is 0 Å². The SMILES string of the molecule is CCCCC(C(=O)N[C@@H](CC(=O)O)c1ccc2c(c1)OCO2)n1nc(C)cc(Cc2ccccc2)c1=O. The summed E-state index contributed by atoms with van der Waals surface area (Å²) in [6.07, 6.45) is 2.00. The molecule has 2 heterocycles. The van der Waals surface area contributed by atoms with Crippen LogP contribution in [0.25, 0.3) is 0 Å². The van der Waals surface area contributed by atoms with Crippen LogP contribution in [0.15, 0.2) is 59.4 Å². The molecule has 0 fully saturated rings. The van der Waals surface area contributed by atoms with Crippen LogP contribution in [-0.4, -0.2) is 33.6 Å². The molecule has 2 aromatic carbocycles. The second kappa shape index (κ2) is 11.7. The Kier molecular flexibility index (Phi) is 8.22. The molecule has 0 saturated carbocycles. The van der Waals surface area contributed by atoms with E-state index in [2.05, 4.69) is 10.4 Å². The molecule has 1 aliphatic rings. The van der Waals surface area contributed by atoms with Gasteiger partial charge in [0.2, 0.25) is 12.7 Å². The van der Waals surface area contributed by atoms with Gasteiger partial charge in [-0.1, -0.05) is 56.2 Å². The van der Waals surface area contributed by atoms with Crippen molar-refractivity contribution in [1.82, 2.24) is 15.1 Å². The number of amides is 1. The summed E-state index contributed by atoms with van der Waals surface area (Å²) in [6.45, 7) is 3.88. The number of carbonyl (C=O) groups is 2. The van der Waals surface area contributed by atoms with E-state index in [4.69, 9.17) is 9.47 Å². The van der Waals surface area contributed by atoms with Gasteiger partial charge >= 0.3 is 5.97 Å². The number of nitrogens with zero attached hydrogens (tertiary/aromatic N) is 2. The first kappa shape index (κ1) is 25.9. The van der Waals surface area contributed by atoms with Crippen molar-refractivity contribution in [1.29, 1.82) is 0 Å². The Morgan fingerprint density at radius 1 is 1.11 bits per heavy atom. The highest BCUT2D eigenvalue weighted by Crippen LogP contribution is 2.35. The molecule has 4 rings (SSSR count). The van der Waals surface area contributed by atoms with Crippen LogP contribution in [0.4, 0.5) is 0 Å². The highest BCUT2D eigenvalue weighted by molar-refractivity contribution is 5.81. The number of unbranched alkanes of at least 4 members (excludes halogenated alkanes) is 1. The Hall–Kier alpha value is -4.14. The van der Waals surface area contributed by atoms with Crippen molar-refractivity contribution in [2.45, 2.75) is 58.0 Å². The van der Waals surface area contributed by atoms with Crippen LogP contribution in [0.3, 0.4) is 0 Å². The number of aryl methyl sites for hydroxylation is 1. The Labute approximate surface area is 215 Å². The molecule has 9 heteroatoms. The largest absolute Gasteiger partial charge is 0.481 e. The predicted octanol–water partition coefficient (Wildman–Crippen LogP) is 3.93. The van der Waals surface area contributed by atoms with Crippen molar-refractivity contribution in [3.63, 3.8) is 0 Å². The number of benzene rings is 2. The minimum Gasteiger partial charge on any atom is -0.481 e. The fraction of sp³-hybridized carbons (Fsp3) is 0.357. The number of ether oxygens (including phenoxy) is 2. The Bertz CT molecular complexity index is 1320. The van der Waals surface area contributed by atoms with Gasteiger partial charge < -0.3 is 19.9 Å². The molecule has 0 aliphatic carbocycles. The third kappa shape index (κ3) is 6.35. The number of aliphatic carboxylic acids is 1. The van der Waals surface area contributed by atoms with Crippen molar-refractivity contribution in [3.8, 4) is 11.5 Å². The second-order valence-electron chi connectivity index (χ2n) is 9.15. The van der Waals surface area contributed by atoms with Crippen LogP contribution in [0.2, 0.25) is 0 Å². The molecule has 1 unspecified atom stereocenters. The van der Waals surface area contributed by atoms with E-state index < -0.39 is 24.0 Å². The lowest BCUT2D eigenvalue weighted by Crippen LogP contribution is -2.41. The summed E-state index contributed by atoms with van der Waals surface area (Å²) in [5.74, 6) is -0.467. The van der Waals surface area contributed by atoms with Gasteiger partial charge in [0.15, 0.2) is 11.5 Å². The van der Waals surface area contributed by atoms with Gasteiger partial charge in [-0.25, -0.2) is 4.68 Å². The van der Waals surface area contributed by atoms with Gasteiger partial charge in [-0.05, 0) is 42.7 Å². The van der Waals surface area contributed by atoms with Crippen LogP contribution < -0.4 is 20.3 Å². The zero-order valence-electron chi connectivity index (χ0n) is 21.0. The number of hydrogen-bond acceptors (Lipinski definition) is 6. The standard InChI is InChI=1S/C28H31N3O6/c1-3-4-10-23(31-28(35)21(13-18(2)30-31)14-19-8-6-5-7-9-19)27(34)29-22(16-26(32)33)20-11-12-24-25(15-20)37-17-36-24/h5-9,11-13,15,22-23H,3-4,10,14,16-17H2,1-2H3,(H,29,34)(H,32,33)/t22-,23?/m0/s1. The van der Waals surface area contributed by atoms with Crippen LogP contribution in [0, 0.1) is 6.92 Å². The van der Waals surface area contributed by atoms with Crippen LogP contribution in [0.1, 0.15) is 67.1 Å². The highest BCUT2D eigenvalue weighted by Gasteiger charge is 2.28. The van der Waals surface area contributed by atoms with E-state index in [0.29, 0.717) is 47.6 Å². The Morgan fingerprint density at radius 2 is 1.86 bits per heavy atom. The molecule has 1 amide bonds. The summed E-state index contributed by atoms with van der Waals surface area (Å²) in [4.78, 5) is 38.8. The smallest absolute Gasteiger partial charge is 0.305 e. The van der Waals surface area contributed by atoms with E-state index in [0.717, 1.165) is 12.0 Å². The zero-order valence-corrected chi connectivity index (χ0v) is 21.0. The van der Waals surface area contributed by atoms with Gasteiger partial charge in [0.1, 0.15) is 6.04 Å². The number of rotatable bonds is 11. The predicted molar refractivity (Wildman–Crippen MR) is 137 cm³/mol. The molecule has 0 saturated heterocycles. The first-order chi connectivity index (χ1) is 17.9. The fourth-order valence-corrected chi connectivity index (χ4v) is 4.45. The molecule has 37 heavy (non-hydrogen) atoms. The number of hydrogen-bond donors (Lipinski definition) is 2. The van der Waals surface area contributed by atoms with Gasteiger partial charge in [-0.3, -0.25) is 14.4 Å². The summed E-state index contributed by atoms with van der Waals surface area (Å²) in [7, 11) is 0. The number of aromatic nitrogens is 2. The van der Waals surface area contributed by atoms with Crippen molar-refractivity contribution in [3.05, 3.63) is 87.3 Å². The zero-order chi connectivity index (χ0) is 26.4. The molecule has 3 aromatic rings. The molecule has 0 spiro atoms. The Balaban J connectivity index is 1.65. The lowest BCUT2D eigenvalue weighted by molar-refractivity contribution is -0.138. The quantitative estimate of drug-likeness (QED) is 0.405. The lowest BCUT2D eigenvalue weighted by Gasteiger charge is -2.24. The molecule has 0 bridgehead atoms. The Morgan fingerprint density at radius 3 is 2.59 bits per heavy atom. The van der Waals surface area contributed by atoms with Gasteiger partial charge in [-0.2, -0.15) is 5.10 Å². The number of carboxylic acids is 1. The van der Waals surface area contributed by atoms with E-state index in [-0.39, 0.29) is 18.8 Å². The molecule has 2 N–H and O–H groups in total. The molecule has 1 aromatic heterocycles. The summed E-state index contributed by atoms with van der Waals surface area (Å²) < 4.78 is 12.0. The number of fused-ring (bicyclic) bond motifs is 1. The first-order valence-corrected chi connectivity index (χ1v) is 12.4. The van der Waals surface area contributed by atoms with Crippen molar-refractivity contribution in [2.24, 2.45) is 0 Å². The third-order valence-corrected chi connectivity index (χ3v) is 6.29. The molecule has 0 radical (unpaired) electrons. The maximum atomic E-state index is 13.6.